The number of hydrogen-bond acceptors (Lipinski definition) is 3. The number of ether oxygens (including phenoxy) is 1. The minimum Gasteiger partial charge on any atom is -0.497 e. The number of methoxy groups -OCH3 is 1. The minimum atomic E-state index is -0.764. The van der Waals surface area contributed by atoms with Gasteiger partial charge in [0, 0.05) is 15.8 Å². The second-order valence-corrected chi connectivity index (χ2v) is 8.09. The van der Waals surface area contributed by atoms with Gasteiger partial charge in [0.25, 0.3) is 5.91 Å². The van der Waals surface area contributed by atoms with Gasteiger partial charge in [-0.05, 0) is 61.0 Å². The number of piperazine rings is 1. The van der Waals surface area contributed by atoms with Gasteiger partial charge in [-0.15, -0.1) is 0 Å². The molecule has 4 rings (SSSR count). The molecule has 0 spiro atoms. The van der Waals surface area contributed by atoms with Crippen LogP contribution in [0.3, 0.4) is 0 Å². The van der Waals surface area contributed by atoms with Crippen LogP contribution in [-0.4, -0.2) is 25.5 Å². The third-order valence-electron chi connectivity index (χ3n) is 5.20. The highest BCUT2D eigenvalue weighted by Crippen LogP contribution is 2.35. The van der Waals surface area contributed by atoms with E-state index in [0.717, 1.165) is 15.6 Å². The van der Waals surface area contributed by atoms with Crippen molar-refractivity contribution in [3.05, 3.63) is 88.4 Å². The Hall–Kier alpha value is -3.12. The number of carbonyl (C=O) groups is 2. The molecule has 1 fully saturated rings. The maximum absolute atomic E-state index is 13.7. The van der Waals surface area contributed by atoms with Gasteiger partial charge >= 0.3 is 0 Å². The molecule has 5 nitrogen and oxygen atoms in total. The Balaban J connectivity index is 1.79. The van der Waals surface area contributed by atoms with Crippen LogP contribution < -0.4 is 14.5 Å². The number of nitrogens with zero attached hydrogens (tertiary/aromatic N) is 2. The average Bonchev–Trinajstić information content (AvgIpc) is 2.76. The summed E-state index contributed by atoms with van der Waals surface area (Å²) >= 11 is 3.43. The molecule has 0 radical (unpaired) electrons. The molecule has 0 bridgehead atoms. The molecule has 1 aliphatic heterocycles. The highest BCUT2D eigenvalue weighted by atomic mass is 79.9. The first kappa shape index (κ1) is 20.2. The fraction of sp³-hybridized carbons (Fsp3) is 0.167. The van der Waals surface area contributed by atoms with E-state index >= 15 is 0 Å². The summed E-state index contributed by atoms with van der Waals surface area (Å²) in [7, 11) is 1.59. The molecule has 152 valence electrons. The van der Waals surface area contributed by atoms with E-state index in [-0.39, 0.29) is 18.4 Å². The summed E-state index contributed by atoms with van der Waals surface area (Å²) in [5.41, 5.74) is 3.22. The number of benzene rings is 3. The average molecular weight is 465 g/mol. The lowest BCUT2D eigenvalue weighted by Gasteiger charge is -2.40. The molecule has 1 heterocycles. The van der Waals surface area contributed by atoms with Crippen LogP contribution in [0, 0.1) is 6.92 Å². The van der Waals surface area contributed by atoms with Gasteiger partial charge in [0.2, 0.25) is 5.91 Å². The topological polar surface area (TPSA) is 49.9 Å². The Morgan fingerprint density at radius 3 is 2.07 bits per heavy atom. The SMILES string of the molecule is COc1ccc([C@@H]2C(=O)N(c3ccc(C)cc3)CC(=O)N2c2ccc(Br)cc2)cc1. The molecule has 1 saturated heterocycles. The molecular weight excluding hydrogens is 444 g/mol. The van der Waals surface area contributed by atoms with E-state index in [1.165, 1.54) is 0 Å². The number of aryl methyl sites for hydroxylation is 1. The predicted molar refractivity (Wildman–Crippen MR) is 121 cm³/mol. The third kappa shape index (κ3) is 3.83. The number of rotatable bonds is 4. The van der Waals surface area contributed by atoms with Crippen LogP contribution in [0.15, 0.2) is 77.3 Å². The highest BCUT2D eigenvalue weighted by Gasteiger charge is 2.41. The molecular formula is C24H21BrN2O3. The van der Waals surface area contributed by atoms with Crippen molar-refractivity contribution in [1.29, 1.82) is 0 Å². The second-order valence-electron chi connectivity index (χ2n) is 7.18. The summed E-state index contributed by atoms with van der Waals surface area (Å²) in [5, 5.41) is 0. The van der Waals surface area contributed by atoms with Gasteiger partial charge in [0.05, 0.1) is 7.11 Å². The summed E-state index contributed by atoms with van der Waals surface area (Å²) in [5.74, 6) is 0.406. The fourth-order valence-electron chi connectivity index (χ4n) is 3.61. The third-order valence-corrected chi connectivity index (χ3v) is 5.73. The standard InChI is InChI=1S/C24H21BrN2O3/c1-16-3-9-19(10-4-16)26-15-22(28)27(20-11-7-18(25)8-12-20)23(24(26)29)17-5-13-21(30-2)14-6-17/h3-14,23H,15H2,1-2H3/t23-/m1/s1. The molecule has 1 aliphatic rings. The normalized spacial score (nSPS) is 16.7. The van der Waals surface area contributed by atoms with Crippen molar-refractivity contribution in [1.82, 2.24) is 0 Å². The van der Waals surface area contributed by atoms with Gasteiger partial charge in [0.1, 0.15) is 18.3 Å². The van der Waals surface area contributed by atoms with Crippen LogP contribution >= 0.6 is 15.9 Å². The Kier molecular flexibility index (Phi) is 5.59. The van der Waals surface area contributed by atoms with Crippen molar-refractivity contribution in [2.75, 3.05) is 23.5 Å². The zero-order valence-electron chi connectivity index (χ0n) is 16.7. The zero-order valence-corrected chi connectivity index (χ0v) is 18.3. The summed E-state index contributed by atoms with van der Waals surface area (Å²) in [6.45, 7) is 1.98. The molecule has 0 N–H and O–H groups in total. The molecule has 30 heavy (non-hydrogen) atoms. The summed E-state index contributed by atoms with van der Waals surface area (Å²) < 4.78 is 6.16. The van der Waals surface area contributed by atoms with Gasteiger partial charge in [-0.3, -0.25) is 14.5 Å². The number of halogens is 1. The Morgan fingerprint density at radius 1 is 0.867 bits per heavy atom. The quantitative estimate of drug-likeness (QED) is 0.552. The number of anilines is 2. The molecule has 2 amide bonds. The Labute approximate surface area is 184 Å². The van der Waals surface area contributed by atoms with Gasteiger partial charge in [-0.2, -0.15) is 0 Å². The molecule has 0 aliphatic carbocycles. The first-order chi connectivity index (χ1) is 14.5. The molecule has 6 heteroatoms. The lowest BCUT2D eigenvalue weighted by Crippen LogP contribution is -2.56. The van der Waals surface area contributed by atoms with Gasteiger partial charge < -0.3 is 9.64 Å². The second kappa shape index (κ2) is 8.32. The van der Waals surface area contributed by atoms with Gasteiger partial charge in [0.15, 0.2) is 0 Å². The maximum atomic E-state index is 13.7. The van der Waals surface area contributed by atoms with Crippen molar-refractivity contribution in [2.24, 2.45) is 0 Å². The largest absolute Gasteiger partial charge is 0.497 e. The van der Waals surface area contributed by atoms with E-state index in [1.807, 2.05) is 67.6 Å². The maximum Gasteiger partial charge on any atom is 0.255 e. The Morgan fingerprint density at radius 2 is 1.47 bits per heavy atom. The summed E-state index contributed by atoms with van der Waals surface area (Å²) in [6.07, 6.45) is 0. The monoisotopic (exact) mass is 464 g/mol. The van der Waals surface area contributed by atoms with E-state index in [1.54, 1.807) is 29.0 Å². The molecule has 0 unspecified atom stereocenters. The number of carbonyl (C=O) groups excluding carboxylic acids is 2. The number of hydrogen-bond donors (Lipinski definition) is 0. The van der Waals surface area contributed by atoms with E-state index in [2.05, 4.69) is 15.9 Å². The van der Waals surface area contributed by atoms with Crippen molar-refractivity contribution >= 4 is 39.1 Å². The first-order valence-corrected chi connectivity index (χ1v) is 10.4. The molecule has 3 aromatic rings. The van der Waals surface area contributed by atoms with Crippen LogP contribution in [0.5, 0.6) is 5.75 Å². The van der Waals surface area contributed by atoms with Crippen LogP contribution in [0.4, 0.5) is 11.4 Å². The lowest BCUT2D eigenvalue weighted by molar-refractivity contribution is -0.128. The highest BCUT2D eigenvalue weighted by molar-refractivity contribution is 9.10. The Bertz CT molecular complexity index is 1060. The smallest absolute Gasteiger partial charge is 0.255 e. The van der Waals surface area contributed by atoms with E-state index < -0.39 is 6.04 Å². The van der Waals surface area contributed by atoms with Gasteiger partial charge in [-0.1, -0.05) is 45.8 Å². The van der Waals surface area contributed by atoms with E-state index in [9.17, 15) is 9.59 Å². The molecule has 3 aromatic carbocycles. The van der Waals surface area contributed by atoms with Crippen molar-refractivity contribution in [3.63, 3.8) is 0 Å². The van der Waals surface area contributed by atoms with Crippen molar-refractivity contribution in [2.45, 2.75) is 13.0 Å². The zero-order chi connectivity index (χ0) is 21.3. The van der Waals surface area contributed by atoms with Crippen LogP contribution in [0.2, 0.25) is 0 Å². The van der Waals surface area contributed by atoms with Gasteiger partial charge in [-0.25, -0.2) is 0 Å². The van der Waals surface area contributed by atoms with E-state index in [0.29, 0.717) is 17.1 Å². The van der Waals surface area contributed by atoms with Crippen LogP contribution in [-0.2, 0) is 9.59 Å². The van der Waals surface area contributed by atoms with Crippen molar-refractivity contribution in [3.8, 4) is 5.75 Å². The summed E-state index contributed by atoms with van der Waals surface area (Å²) in [4.78, 5) is 30.1. The molecule has 0 saturated carbocycles. The summed E-state index contributed by atoms with van der Waals surface area (Å²) in [6, 6.07) is 21.6. The molecule has 1 atom stereocenters. The molecule has 0 aromatic heterocycles. The fourth-order valence-corrected chi connectivity index (χ4v) is 3.87. The van der Waals surface area contributed by atoms with E-state index in [4.69, 9.17) is 4.74 Å². The minimum absolute atomic E-state index is 0.00931. The predicted octanol–water partition coefficient (Wildman–Crippen LogP) is 4.89. The van der Waals surface area contributed by atoms with Crippen LogP contribution in [0.25, 0.3) is 0 Å². The number of amides is 2. The first-order valence-electron chi connectivity index (χ1n) is 9.57. The van der Waals surface area contributed by atoms with Crippen LogP contribution in [0.1, 0.15) is 17.2 Å². The lowest BCUT2D eigenvalue weighted by atomic mass is 9.99. The van der Waals surface area contributed by atoms with Crippen molar-refractivity contribution < 1.29 is 14.3 Å².